The highest BCUT2D eigenvalue weighted by molar-refractivity contribution is 7.99. The number of benzene rings is 1. The standard InChI is InChI=1S/C14H15NO2S/c1-17-12-4-2-3-11(9-12)14(16)10-18-13-5-7-15-8-6-13/h2-9,14,16H,10H2,1H3. The van der Waals surface area contributed by atoms with E-state index in [1.807, 2.05) is 36.4 Å². The van der Waals surface area contributed by atoms with Crippen LogP contribution in [0.2, 0.25) is 0 Å². The van der Waals surface area contributed by atoms with Crippen LogP contribution in [0, 0.1) is 0 Å². The number of thioether (sulfide) groups is 1. The molecule has 0 radical (unpaired) electrons. The van der Waals surface area contributed by atoms with Crippen molar-refractivity contribution in [3.05, 3.63) is 54.4 Å². The lowest BCUT2D eigenvalue weighted by Crippen LogP contribution is -2.00. The van der Waals surface area contributed by atoms with Gasteiger partial charge in [-0.25, -0.2) is 0 Å². The van der Waals surface area contributed by atoms with Crippen LogP contribution < -0.4 is 4.74 Å². The lowest BCUT2D eigenvalue weighted by Gasteiger charge is -2.11. The zero-order valence-electron chi connectivity index (χ0n) is 10.1. The molecule has 0 aliphatic heterocycles. The molecule has 4 heteroatoms. The smallest absolute Gasteiger partial charge is 0.119 e. The number of pyridine rings is 1. The Morgan fingerprint density at radius 2 is 2.06 bits per heavy atom. The van der Waals surface area contributed by atoms with E-state index in [4.69, 9.17) is 4.74 Å². The summed E-state index contributed by atoms with van der Waals surface area (Å²) in [5, 5.41) is 10.1. The van der Waals surface area contributed by atoms with Crippen LogP contribution in [0.15, 0.2) is 53.7 Å². The normalized spacial score (nSPS) is 12.1. The third-order valence-electron chi connectivity index (χ3n) is 2.54. The van der Waals surface area contributed by atoms with Gasteiger partial charge in [-0.15, -0.1) is 11.8 Å². The molecule has 1 heterocycles. The first kappa shape index (κ1) is 12.9. The number of rotatable bonds is 5. The zero-order chi connectivity index (χ0) is 12.8. The van der Waals surface area contributed by atoms with Gasteiger partial charge in [-0.1, -0.05) is 12.1 Å². The van der Waals surface area contributed by atoms with E-state index in [-0.39, 0.29) is 0 Å². The predicted molar refractivity (Wildman–Crippen MR) is 72.9 cm³/mol. The fourth-order valence-electron chi connectivity index (χ4n) is 1.55. The van der Waals surface area contributed by atoms with Gasteiger partial charge in [0.15, 0.2) is 0 Å². The number of aliphatic hydroxyl groups is 1. The van der Waals surface area contributed by atoms with Crippen molar-refractivity contribution >= 4 is 11.8 Å². The number of aliphatic hydroxyl groups excluding tert-OH is 1. The van der Waals surface area contributed by atoms with Gasteiger partial charge in [0.1, 0.15) is 5.75 Å². The molecule has 94 valence electrons. The van der Waals surface area contributed by atoms with Crippen molar-refractivity contribution in [3.63, 3.8) is 0 Å². The van der Waals surface area contributed by atoms with E-state index in [0.29, 0.717) is 5.75 Å². The number of hydrogen-bond acceptors (Lipinski definition) is 4. The Morgan fingerprint density at radius 1 is 1.28 bits per heavy atom. The summed E-state index contributed by atoms with van der Waals surface area (Å²) < 4.78 is 5.14. The molecular weight excluding hydrogens is 246 g/mol. The highest BCUT2D eigenvalue weighted by atomic mass is 32.2. The van der Waals surface area contributed by atoms with Crippen molar-refractivity contribution in [2.45, 2.75) is 11.0 Å². The van der Waals surface area contributed by atoms with Crippen LogP contribution in [0.4, 0.5) is 0 Å². The van der Waals surface area contributed by atoms with E-state index in [0.717, 1.165) is 16.2 Å². The lowest BCUT2D eigenvalue weighted by molar-refractivity contribution is 0.203. The Labute approximate surface area is 111 Å². The summed E-state index contributed by atoms with van der Waals surface area (Å²) in [4.78, 5) is 5.06. The highest BCUT2D eigenvalue weighted by Gasteiger charge is 2.08. The quantitative estimate of drug-likeness (QED) is 0.840. The van der Waals surface area contributed by atoms with Crippen molar-refractivity contribution in [2.75, 3.05) is 12.9 Å². The molecule has 2 rings (SSSR count). The van der Waals surface area contributed by atoms with Gasteiger partial charge in [0.05, 0.1) is 13.2 Å². The average Bonchev–Trinajstić information content (AvgIpc) is 2.46. The summed E-state index contributed by atoms with van der Waals surface area (Å²) in [6.45, 7) is 0. The van der Waals surface area contributed by atoms with Crippen LogP contribution in [0.5, 0.6) is 5.75 Å². The van der Waals surface area contributed by atoms with Gasteiger partial charge in [-0.05, 0) is 29.8 Å². The molecule has 1 unspecified atom stereocenters. The van der Waals surface area contributed by atoms with Gasteiger partial charge in [-0.3, -0.25) is 4.98 Å². The number of hydrogen-bond donors (Lipinski definition) is 1. The van der Waals surface area contributed by atoms with E-state index in [1.54, 1.807) is 31.3 Å². The molecule has 1 aromatic heterocycles. The van der Waals surface area contributed by atoms with Gasteiger partial charge in [0.25, 0.3) is 0 Å². The van der Waals surface area contributed by atoms with Crippen molar-refractivity contribution in [1.29, 1.82) is 0 Å². The van der Waals surface area contributed by atoms with Crippen LogP contribution in [-0.2, 0) is 0 Å². The molecule has 3 nitrogen and oxygen atoms in total. The van der Waals surface area contributed by atoms with Crippen LogP contribution in [0.1, 0.15) is 11.7 Å². The first-order valence-corrected chi connectivity index (χ1v) is 6.63. The number of ether oxygens (including phenoxy) is 1. The maximum Gasteiger partial charge on any atom is 0.119 e. The Morgan fingerprint density at radius 3 is 2.78 bits per heavy atom. The monoisotopic (exact) mass is 261 g/mol. The van der Waals surface area contributed by atoms with Crippen LogP contribution >= 0.6 is 11.8 Å². The molecule has 1 N–H and O–H groups in total. The SMILES string of the molecule is COc1cccc(C(O)CSc2ccncc2)c1. The second-order valence-corrected chi connectivity index (χ2v) is 4.88. The second-order valence-electron chi connectivity index (χ2n) is 3.79. The molecule has 18 heavy (non-hydrogen) atoms. The van der Waals surface area contributed by atoms with E-state index < -0.39 is 6.10 Å². The Kier molecular flexibility index (Phi) is 4.61. The Bertz CT molecular complexity index is 490. The molecule has 0 bridgehead atoms. The minimum atomic E-state index is -0.502. The number of methoxy groups -OCH3 is 1. The van der Waals surface area contributed by atoms with Crippen molar-refractivity contribution < 1.29 is 9.84 Å². The molecule has 0 aliphatic rings. The molecule has 2 aromatic rings. The third kappa shape index (κ3) is 3.48. The van der Waals surface area contributed by atoms with E-state index in [9.17, 15) is 5.11 Å². The predicted octanol–water partition coefficient (Wildman–Crippen LogP) is 2.92. The zero-order valence-corrected chi connectivity index (χ0v) is 10.9. The van der Waals surface area contributed by atoms with Gasteiger partial charge < -0.3 is 9.84 Å². The highest BCUT2D eigenvalue weighted by Crippen LogP contribution is 2.25. The molecule has 1 aromatic carbocycles. The third-order valence-corrected chi connectivity index (χ3v) is 3.62. The Hall–Kier alpha value is -1.52. The topological polar surface area (TPSA) is 42.4 Å². The molecule has 0 fully saturated rings. The van der Waals surface area contributed by atoms with E-state index in [2.05, 4.69) is 4.98 Å². The largest absolute Gasteiger partial charge is 0.497 e. The summed E-state index contributed by atoms with van der Waals surface area (Å²) in [7, 11) is 1.62. The lowest BCUT2D eigenvalue weighted by atomic mass is 10.1. The van der Waals surface area contributed by atoms with Crippen LogP contribution in [0.3, 0.4) is 0 Å². The summed E-state index contributed by atoms with van der Waals surface area (Å²) in [6.07, 6.45) is 3.00. The van der Waals surface area contributed by atoms with Gasteiger partial charge in [0, 0.05) is 23.0 Å². The minimum absolute atomic E-state index is 0.502. The fraction of sp³-hybridized carbons (Fsp3) is 0.214. The van der Waals surface area contributed by atoms with Gasteiger partial charge in [-0.2, -0.15) is 0 Å². The summed E-state index contributed by atoms with van der Waals surface area (Å²) in [6, 6.07) is 11.4. The van der Waals surface area contributed by atoms with E-state index >= 15 is 0 Å². The van der Waals surface area contributed by atoms with Crippen molar-refractivity contribution in [2.24, 2.45) is 0 Å². The molecule has 1 atom stereocenters. The first-order chi connectivity index (χ1) is 8.79. The molecule has 0 saturated carbocycles. The Balaban J connectivity index is 1.97. The summed E-state index contributed by atoms with van der Waals surface area (Å²) >= 11 is 1.61. The summed E-state index contributed by atoms with van der Waals surface area (Å²) in [5.74, 6) is 1.37. The van der Waals surface area contributed by atoms with Crippen LogP contribution in [-0.4, -0.2) is 23.0 Å². The molecular formula is C14H15NO2S. The molecule has 0 amide bonds. The maximum atomic E-state index is 10.1. The molecule has 0 spiro atoms. The van der Waals surface area contributed by atoms with Gasteiger partial charge >= 0.3 is 0 Å². The van der Waals surface area contributed by atoms with Crippen molar-refractivity contribution in [3.8, 4) is 5.75 Å². The first-order valence-electron chi connectivity index (χ1n) is 5.64. The van der Waals surface area contributed by atoms with E-state index in [1.165, 1.54) is 0 Å². The molecule has 0 aliphatic carbocycles. The maximum absolute atomic E-state index is 10.1. The number of aromatic nitrogens is 1. The van der Waals surface area contributed by atoms with Crippen LogP contribution in [0.25, 0.3) is 0 Å². The second kappa shape index (κ2) is 6.42. The van der Waals surface area contributed by atoms with Gasteiger partial charge in [0.2, 0.25) is 0 Å². The fourth-order valence-corrected chi connectivity index (χ4v) is 2.41. The average molecular weight is 261 g/mol. The number of nitrogens with zero attached hydrogens (tertiary/aromatic N) is 1. The minimum Gasteiger partial charge on any atom is -0.497 e. The summed E-state index contributed by atoms with van der Waals surface area (Å²) in [5.41, 5.74) is 0.871. The van der Waals surface area contributed by atoms with Crippen molar-refractivity contribution in [1.82, 2.24) is 4.98 Å². The molecule has 0 saturated heterocycles.